The Balaban J connectivity index is 1.68. The fourth-order valence-electron chi connectivity index (χ4n) is 4.28. The largest absolute Gasteiger partial charge is 0.353 e. The van der Waals surface area contributed by atoms with E-state index in [1.807, 2.05) is 0 Å². The van der Waals surface area contributed by atoms with Gasteiger partial charge in [-0.05, 0) is 37.8 Å². The third kappa shape index (κ3) is 2.73. The molecule has 1 N–H and O–H groups in total. The van der Waals surface area contributed by atoms with E-state index in [9.17, 15) is 0 Å². The topological polar surface area (TPSA) is 29.9 Å². The second-order valence-corrected chi connectivity index (χ2v) is 7.07. The van der Waals surface area contributed by atoms with Crippen LogP contribution in [0.2, 0.25) is 0 Å². The van der Waals surface area contributed by atoms with Gasteiger partial charge in [0.05, 0.1) is 11.0 Å². The summed E-state index contributed by atoms with van der Waals surface area (Å²) >= 11 is 0. The molecule has 3 nitrogen and oxygen atoms in total. The van der Waals surface area contributed by atoms with E-state index in [1.165, 1.54) is 69.7 Å². The van der Waals surface area contributed by atoms with Crippen LogP contribution in [0.1, 0.15) is 70.3 Å². The Hall–Kier alpha value is -1.51. The maximum Gasteiger partial charge on any atom is 0.204 e. The van der Waals surface area contributed by atoms with Crippen molar-refractivity contribution in [1.29, 1.82) is 0 Å². The molecule has 1 aromatic carbocycles. The van der Waals surface area contributed by atoms with Crippen molar-refractivity contribution in [3.8, 4) is 0 Å². The van der Waals surface area contributed by atoms with Crippen LogP contribution in [0.5, 0.6) is 0 Å². The van der Waals surface area contributed by atoms with Gasteiger partial charge in [-0.15, -0.1) is 0 Å². The summed E-state index contributed by atoms with van der Waals surface area (Å²) in [5.41, 5.74) is 2.46. The van der Waals surface area contributed by atoms with Crippen LogP contribution in [0.15, 0.2) is 24.3 Å². The Morgan fingerprint density at radius 1 is 0.864 bits per heavy atom. The fourth-order valence-corrected chi connectivity index (χ4v) is 4.28. The number of nitrogens with one attached hydrogen (secondary N) is 1. The first-order chi connectivity index (χ1) is 10.9. The maximum absolute atomic E-state index is 4.93. The van der Waals surface area contributed by atoms with Crippen LogP contribution < -0.4 is 5.32 Å². The lowest BCUT2D eigenvalue weighted by atomic mass is 9.94. The van der Waals surface area contributed by atoms with E-state index in [4.69, 9.17) is 4.98 Å². The fraction of sp³-hybridized carbons (Fsp3) is 0.632. The summed E-state index contributed by atoms with van der Waals surface area (Å²) in [4.78, 5) is 4.93. The Kier molecular flexibility index (Phi) is 4.05. The number of hydrogen-bond donors (Lipinski definition) is 1. The molecular weight excluding hydrogens is 270 g/mol. The second-order valence-electron chi connectivity index (χ2n) is 7.07. The summed E-state index contributed by atoms with van der Waals surface area (Å²) in [6.07, 6.45) is 13.5. The molecule has 22 heavy (non-hydrogen) atoms. The van der Waals surface area contributed by atoms with Gasteiger partial charge in [0.2, 0.25) is 5.95 Å². The molecule has 2 fully saturated rings. The molecule has 2 aliphatic carbocycles. The molecule has 3 heteroatoms. The van der Waals surface area contributed by atoms with E-state index in [0.29, 0.717) is 12.1 Å². The normalized spacial score (nSPS) is 21.3. The first-order valence-corrected chi connectivity index (χ1v) is 9.15. The molecule has 0 saturated heterocycles. The van der Waals surface area contributed by atoms with E-state index < -0.39 is 0 Å². The van der Waals surface area contributed by atoms with Crippen LogP contribution in [0.25, 0.3) is 11.0 Å². The highest BCUT2D eigenvalue weighted by Gasteiger charge is 2.23. The van der Waals surface area contributed by atoms with Crippen LogP contribution in [0.3, 0.4) is 0 Å². The van der Waals surface area contributed by atoms with Gasteiger partial charge < -0.3 is 9.88 Å². The lowest BCUT2D eigenvalue weighted by Gasteiger charge is -2.28. The van der Waals surface area contributed by atoms with Crippen molar-refractivity contribution in [2.24, 2.45) is 0 Å². The number of rotatable bonds is 3. The Morgan fingerprint density at radius 2 is 1.55 bits per heavy atom. The molecule has 0 aliphatic heterocycles. The average Bonchev–Trinajstić information content (AvgIpc) is 2.94. The molecule has 4 rings (SSSR count). The van der Waals surface area contributed by atoms with Gasteiger partial charge in [-0.1, -0.05) is 50.7 Å². The lowest BCUT2D eigenvalue weighted by molar-refractivity contribution is 0.360. The van der Waals surface area contributed by atoms with Gasteiger partial charge in [-0.2, -0.15) is 0 Å². The Labute approximate surface area is 133 Å². The van der Waals surface area contributed by atoms with E-state index in [1.54, 1.807) is 0 Å². The zero-order valence-corrected chi connectivity index (χ0v) is 13.4. The number of imidazole rings is 1. The molecule has 0 radical (unpaired) electrons. The number of benzene rings is 1. The number of para-hydroxylation sites is 2. The highest BCUT2D eigenvalue weighted by molar-refractivity contribution is 5.78. The standard InChI is InChI=1S/C19H27N3/c1-3-9-15(10-4-1)20-19-21-17-13-7-8-14-18(17)22(19)16-11-5-2-6-12-16/h7-8,13-16H,1-6,9-12H2,(H,20,21). The van der Waals surface area contributed by atoms with Crippen molar-refractivity contribution in [1.82, 2.24) is 9.55 Å². The predicted octanol–water partition coefficient (Wildman–Crippen LogP) is 5.29. The summed E-state index contributed by atoms with van der Waals surface area (Å²) in [6.45, 7) is 0. The average molecular weight is 297 g/mol. The number of hydrogen-bond acceptors (Lipinski definition) is 2. The minimum Gasteiger partial charge on any atom is -0.353 e. The van der Waals surface area contributed by atoms with E-state index in [-0.39, 0.29) is 0 Å². The summed E-state index contributed by atoms with van der Waals surface area (Å²) in [5.74, 6) is 1.13. The minimum absolute atomic E-state index is 0.618. The molecule has 2 aliphatic rings. The van der Waals surface area contributed by atoms with Crippen molar-refractivity contribution < 1.29 is 0 Å². The molecule has 2 saturated carbocycles. The monoisotopic (exact) mass is 297 g/mol. The van der Waals surface area contributed by atoms with Crippen LogP contribution in [-0.2, 0) is 0 Å². The Morgan fingerprint density at radius 3 is 2.32 bits per heavy atom. The molecular formula is C19H27N3. The molecule has 0 amide bonds. The highest BCUT2D eigenvalue weighted by Crippen LogP contribution is 2.35. The van der Waals surface area contributed by atoms with Crippen molar-refractivity contribution >= 4 is 17.0 Å². The highest BCUT2D eigenvalue weighted by atomic mass is 15.2. The molecule has 2 aromatic rings. The van der Waals surface area contributed by atoms with Crippen molar-refractivity contribution in [3.05, 3.63) is 24.3 Å². The minimum atomic E-state index is 0.618. The third-order valence-electron chi connectivity index (χ3n) is 5.47. The van der Waals surface area contributed by atoms with Gasteiger partial charge in [0, 0.05) is 12.1 Å². The quantitative estimate of drug-likeness (QED) is 0.834. The Bertz CT molecular complexity index is 619. The van der Waals surface area contributed by atoms with Gasteiger partial charge in [0.25, 0.3) is 0 Å². The van der Waals surface area contributed by atoms with Crippen molar-refractivity contribution in [3.63, 3.8) is 0 Å². The number of nitrogens with zero attached hydrogens (tertiary/aromatic N) is 2. The van der Waals surface area contributed by atoms with Crippen molar-refractivity contribution in [2.45, 2.75) is 76.3 Å². The first-order valence-electron chi connectivity index (χ1n) is 9.15. The molecule has 0 unspecified atom stereocenters. The zero-order valence-electron chi connectivity index (χ0n) is 13.4. The van der Waals surface area contributed by atoms with Crippen LogP contribution in [0.4, 0.5) is 5.95 Å². The van der Waals surface area contributed by atoms with Crippen LogP contribution >= 0.6 is 0 Å². The molecule has 0 spiro atoms. The lowest BCUT2D eigenvalue weighted by Crippen LogP contribution is -2.25. The van der Waals surface area contributed by atoms with Crippen molar-refractivity contribution in [2.75, 3.05) is 5.32 Å². The summed E-state index contributed by atoms with van der Waals surface area (Å²) in [5, 5.41) is 3.79. The molecule has 0 atom stereocenters. The zero-order chi connectivity index (χ0) is 14.8. The van der Waals surface area contributed by atoms with Gasteiger partial charge in [-0.25, -0.2) is 4.98 Å². The number of fused-ring (bicyclic) bond motifs is 1. The number of aromatic nitrogens is 2. The predicted molar refractivity (Wildman–Crippen MR) is 92.4 cm³/mol. The number of anilines is 1. The van der Waals surface area contributed by atoms with E-state index in [0.717, 1.165) is 11.5 Å². The van der Waals surface area contributed by atoms with Gasteiger partial charge in [0.15, 0.2) is 0 Å². The SMILES string of the molecule is c1ccc2c(c1)nc(NC1CCCCC1)n2C1CCCCC1. The van der Waals surface area contributed by atoms with E-state index in [2.05, 4.69) is 34.1 Å². The maximum atomic E-state index is 4.93. The van der Waals surface area contributed by atoms with Crippen LogP contribution in [0, 0.1) is 0 Å². The molecule has 118 valence electrons. The second kappa shape index (κ2) is 6.31. The first kappa shape index (κ1) is 14.1. The van der Waals surface area contributed by atoms with E-state index >= 15 is 0 Å². The third-order valence-corrected chi connectivity index (χ3v) is 5.47. The summed E-state index contributed by atoms with van der Waals surface area (Å²) < 4.78 is 2.52. The summed E-state index contributed by atoms with van der Waals surface area (Å²) in [7, 11) is 0. The molecule has 1 heterocycles. The summed E-state index contributed by atoms with van der Waals surface area (Å²) in [6, 6.07) is 9.89. The van der Waals surface area contributed by atoms with Gasteiger partial charge in [-0.3, -0.25) is 0 Å². The smallest absolute Gasteiger partial charge is 0.204 e. The van der Waals surface area contributed by atoms with Crippen LogP contribution in [-0.4, -0.2) is 15.6 Å². The van der Waals surface area contributed by atoms with Gasteiger partial charge in [0.1, 0.15) is 0 Å². The molecule has 1 aromatic heterocycles. The van der Waals surface area contributed by atoms with Gasteiger partial charge >= 0.3 is 0 Å². The molecule has 0 bridgehead atoms.